The Kier molecular flexibility index (Phi) is 10.5. The van der Waals surface area contributed by atoms with E-state index in [-0.39, 0.29) is 18.0 Å². The maximum absolute atomic E-state index is 13.7. The molecule has 0 spiro atoms. The number of nitrogens with zero attached hydrogens (tertiary/aromatic N) is 2. The van der Waals surface area contributed by atoms with E-state index in [4.69, 9.17) is 9.47 Å². The summed E-state index contributed by atoms with van der Waals surface area (Å²) >= 11 is 0. The smallest absolute Gasteiger partial charge is 0.407 e. The number of hydrogen-bond acceptors (Lipinski definition) is 6. The number of amides is 2. The number of rotatable bonds is 5. The number of carbonyl (C=O) groups is 2. The molecule has 2 N–H and O–H groups in total. The van der Waals surface area contributed by atoms with Crippen molar-refractivity contribution in [2.45, 2.75) is 110 Å². The minimum atomic E-state index is -0.508. The van der Waals surface area contributed by atoms with E-state index in [2.05, 4.69) is 51.7 Å². The zero-order valence-electron chi connectivity index (χ0n) is 26.2. The number of methoxy groups -OCH3 is 1. The second-order valence-electron chi connectivity index (χ2n) is 12.4. The predicted octanol–water partition coefficient (Wildman–Crippen LogP) is 6.43. The third kappa shape index (κ3) is 8.05. The van der Waals surface area contributed by atoms with E-state index in [0.29, 0.717) is 30.5 Å². The molecule has 42 heavy (non-hydrogen) atoms. The molecule has 4 rings (SSSR count). The Morgan fingerprint density at radius 1 is 1.14 bits per heavy atom. The van der Waals surface area contributed by atoms with Gasteiger partial charge in [-0.05, 0) is 115 Å². The number of carbonyl (C=O) groups excluding carboxylic acids is 2. The highest BCUT2D eigenvalue weighted by atomic mass is 16.6. The first-order chi connectivity index (χ1) is 20.1. The van der Waals surface area contributed by atoms with Crippen molar-refractivity contribution >= 4 is 17.7 Å². The quantitative estimate of drug-likeness (QED) is 0.399. The van der Waals surface area contributed by atoms with Crippen LogP contribution in [0.25, 0.3) is 0 Å². The fourth-order valence-corrected chi connectivity index (χ4v) is 6.21. The number of aryl methyl sites for hydroxylation is 2. The molecule has 8 nitrogen and oxygen atoms in total. The minimum absolute atomic E-state index is 0.0885. The molecule has 1 aliphatic carbocycles. The minimum Gasteiger partial charge on any atom is -0.481 e. The fraction of sp³-hybridized carbons (Fsp3) is 0.559. The average molecular weight is 577 g/mol. The summed E-state index contributed by atoms with van der Waals surface area (Å²) in [5.74, 6) is 0.494. The van der Waals surface area contributed by atoms with Gasteiger partial charge in [-0.25, -0.2) is 9.78 Å². The first-order valence-electron chi connectivity index (χ1n) is 15.4. The molecule has 0 unspecified atom stereocenters. The van der Waals surface area contributed by atoms with Crippen molar-refractivity contribution in [1.82, 2.24) is 15.6 Å². The number of benzene rings is 1. The number of pyridine rings is 1. The molecule has 1 fully saturated rings. The first kappa shape index (κ1) is 31.4. The van der Waals surface area contributed by atoms with Gasteiger partial charge in [-0.1, -0.05) is 18.2 Å². The van der Waals surface area contributed by atoms with Gasteiger partial charge in [0.25, 0.3) is 5.91 Å². The highest BCUT2D eigenvalue weighted by Crippen LogP contribution is 2.33. The van der Waals surface area contributed by atoms with E-state index in [1.807, 2.05) is 39.8 Å². The number of ether oxygens (including phenoxy) is 2. The number of fused-ring (bicyclic) bond motifs is 2. The van der Waals surface area contributed by atoms with Crippen molar-refractivity contribution in [2.24, 2.45) is 0 Å². The molecule has 228 valence electrons. The monoisotopic (exact) mass is 576 g/mol. The van der Waals surface area contributed by atoms with Gasteiger partial charge in [0.2, 0.25) is 5.88 Å². The van der Waals surface area contributed by atoms with Gasteiger partial charge >= 0.3 is 6.09 Å². The number of aromatic nitrogens is 1. The van der Waals surface area contributed by atoms with Crippen molar-refractivity contribution in [3.63, 3.8) is 0 Å². The highest BCUT2D eigenvalue weighted by molar-refractivity contribution is 5.97. The van der Waals surface area contributed by atoms with Gasteiger partial charge in [-0.3, -0.25) is 4.79 Å². The topological polar surface area (TPSA) is 92.8 Å². The van der Waals surface area contributed by atoms with E-state index in [1.54, 1.807) is 7.11 Å². The van der Waals surface area contributed by atoms with Crippen molar-refractivity contribution in [1.29, 1.82) is 0 Å². The molecule has 1 aromatic heterocycles. The van der Waals surface area contributed by atoms with Crippen LogP contribution >= 0.6 is 0 Å². The van der Waals surface area contributed by atoms with Crippen LogP contribution in [0.2, 0.25) is 0 Å². The lowest BCUT2D eigenvalue weighted by Crippen LogP contribution is -2.45. The summed E-state index contributed by atoms with van der Waals surface area (Å²) in [6.45, 7) is 11.0. The van der Waals surface area contributed by atoms with Crippen molar-refractivity contribution in [2.75, 3.05) is 18.6 Å². The molecule has 0 bridgehead atoms. The van der Waals surface area contributed by atoms with Crippen LogP contribution in [-0.2, 0) is 24.1 Å². The number of nitrogens with one attached hydrogen (secondary N) is 2. The molecule has 2 amide bonds. The highest BCUT2D eigenvalue weighted by Gasteiger charge is 2.29. The van der Waals surface area contributed by atoms with Gasteiger partial charge in [-0.15, -0.1) is 0 Å². The van der Waals surface area contributed by atoms with Gasteiger partial charge < -0.3 is 25.0 Å². The van der Waals surface area contributed by atoms with Gasteiger partial charge in [-0.2, -0.15) is 0 Å². The number of alkyl carbamates (subject to hydrolysis) is 1. The maximum Gasteiger partial charge on any atom is 0.407 e. The van der Waals surface area contributed by atoms with E-state index in [9.17, 15) is 9.59 Å². The molecule has 1 aliphatic heterocycles. The first-order valence-corrected chi connectivity index (χ1v) is 15.4. The van der Waals surface area contributed by atoms with E-state index < -0.39 is 5.60 Å². The summed E-state index contributed by atoms with van der Waals surface area (Å²) in [7, 11) is 1.63. The van der Waals surface area contributed by atoms with Gasteiger partial charge in [0, 0.05) is 47.7 Å². The standard InChI is InChI=1S/C34H48N4O4/c1-7-38(26-19-17-25(18-20-26)37-33(40)42-34(3,4)5)30-16-12-15-28-27(30)14-11-9-8-10-13-24-21-23(2)36-32(41-6)29(24)22-35-31(28)39/h9,11-12,15-16,21,25-26H,7-8,10,13-14,17-20,22H2,1-6H3,(H,35,39)(H,37,40)/b11-9+. The van der Waals surface area contributed by atoms with E-state index >= 15 is 0 Å². The Hall–Kier alpha value is -3.55. The van der Waals surface area contributed by atoms with Crippen LogP contribution in [0.1, 0.15) is 99.0 Å². The Labute approximate surface area is 251 Å². The van der Waals surface area contributed by atoms with Crippen LogP contribution in [0.15, 0.2) is 36.4 Å². The third-order valence-corrected chi connectivity index (χ3v) is 8.14. The lowest BCUT2D eigenvalue weighted by molar-refractivity contribution is 0.0491. The number of anilines is 1. The molecule has 2 aliphatic rings. The zero-order valence-corrected chi connectivity index (χ0v) is 26.2. The summed E-state index contributed by atoms with van der Waals surface area (Å²) < 4.78 is 11.1. The molecule has 0 saturated heterocycles. The Bertz CT molecular complexity index is 1280. The summed E-state index contributed by atoms with van der Waals surface area (Å²) in [5.41, 5.74) is 5.40. The van der Waals surface area contributed by atoms with E-state index in [1.165, 1.54) is 5.56 Å². The summed E-state index contributed by atoms with van der Waals surface area (Å²) in [6.07, 6.45) is 11.4. The van der Waals surface area contributed by atoms with Crippen molar-refractivity contribution < 1.29 is 19.1 Å². The molecule has 0 atom stereocenters. The van der Waals surface area contributed by atoms with Gasteiger partial charge in [0.05, 0.1) is 7.11 Å². The molecule has 1 saturated carbocycles. The van der Waals surface area contributed by atoms with Gasteiger partial charge in [0.1, 0.15) is 5.60 Å². The summed E-state index contributed by atoms with van der Waals surface area (Å²) in [6, 6.07) is 8.63. The maximum atomic E-state index is 13.7. The summed E-state index contributed by atoms with van der Waals surface area (Å²) in [4.78, 5) is 33.0. The largest absolute Gasteiger partial charge is 0.481 e. The van der Waals surface area contributed by atoms with Crippen LogP contribution in [0, 0.1) is 6.92 Å². The van der Waals surface area contributed by atoms with Crippen molar-refractivity contribution in [3.8, 4) is 5.88 Å². The molecule has 1 aromatic carbocycles. The Balaban J connectivity index is 1.55. The fourth-order valence-electron chi connectivity index (χ4n) is 6.21. The molecular formula is C34H48N4O4. The average Bonchev–Trinajstić information content (AvgIpc) is 2.95. The van der Waals surface area contributed by atoms with Crippen molar-refractivity contribution in [3.05, 3.63) is 64.4 Å². The van der Waals surface area contributed by atoms with Crippen LogP contribution < -0.4 is 20.3 Å². The SMILES string of the molecule is CCN(c1cccc2c1C/C=C/CCCc1cc(C)nc(OC)c1CNC2=O)C1CCC(NC(=O)OC(C)(C)C)CC1. The zero-order chi connectivity index (χ0) is 30.3. The Morgan fingerprint density at radius 2 is 1.90 bits per heavy atom. The van der Waals surface area contributed by atoms with Crippen LogP contribution in [0.4, 0.5) is 10.5 Å². The second-order valence-corrected chi connectivity index (χ2v) is 12.4. The predicted molar refractivity (Wildman–Crippen MR) is 167 cm³/mol. The molecule has 2 aromatic rings. The lowest BCUT2D eigenvalue weighted by atomic mass is 9.89. The van der Waals surface area contributed by atoms with Crippen LogP contribution in [-0.4, -0.2) is 48.3 Å². The normalized spacial score (nSPS) is 20.4. The lowest BCUT2D eigenvalue weighted by Gasteiger charge is -2.39. The van der Waals surface area contributed by atoms with E-state index in [0.717, 1.165) is 74.0 Å². The van der Waals surface area contributed by atoms with Gasteiger partial charge in [0.15, 0.2) is 0 Å². The third-order valence-electron chi connectivity index (χ3n) is 8.14. The number of allylic oxidation sites excluding steroid dienone is 2. The van der Waals surface area contributed by atoms with Crippen LogP contribution in [0.5, 0.6) is 5.88 Å². The molecule has 2 heterocycles. The molecule has 0 radical (unpaired) electrons. The number of hydrogen-bond donors (Lipinski definition) is 2. The molecular weight excluding hydrogens is 528 g/mol. The van der Waals surface area contributed by atoms with Crippen LogP contribution in [0.3, 0.4) is 0 Å². The summed E-state index contributed by atoms with van der Waals surface area (Å²) in [5, 5.41) is 6.23. The second kappa shape index (κ2) is 14.1. The molecule has 8 heteroatoms. The Morgan fingerprint density at radius 3 is 2.60 bits per heavy atom.